The summed E-state index contributed by atoms with van der Waals surface area (Å²) in [5, 5.41) is 0.528. The molecule has 2 aliphatic heterocycles. The fourth-order valence-corrected chi connectivity index (χ4v) is 4.29. The number of carbonyl (C=O) groups is 2. The summed E-state index contributed by atoms with van der Waals surface area (Å²) in [6, 6.07) is 15.6. The van der Waals surface area contributed by atoms with Crippen molar-refractivity contribution in [3.05, 3.63) is 59.1 Å². The van der Waals surface area contributed by atoms with Crippen LogP contribution in [0.15, 0.2) is 48.5 Å². The molecule has 0 aliphatic carbocycles. The predicted molar refractivity (Wildman–Crippen MR) is 121 cm³/mol. The molecule has 4 rings (SSSR count). The van der Waals surface area contributed by atoms with Gasteiger partial charge in [-0.15, -0.1) is 0 Å². The van der Waals surface area contributed by atoms with Gasteiger partial charge in [-0.1, -0.05) is 41.9 Å². The molecular formula is C24H28ClN3O3. The first-order valence-corrected chi connectivity index (χ1v) is 11.1. The molecule has 0 radical (unpaired) electrons. The molecule has 2 amide bonds. The number of halogens is 1. The number of hydrogen-bond acceptors (Lipinski definition) is 4. The molecule has 0 N–H and O–H groups in total. The summed E-state index contributed by atoms with van der Waals surface area (Å²) in [6.45, 7) is 7.81. The van der Waals surface area contributed by atoms with Crippen LogP contribution in [0.4, 0.5) is 5.69 Å². The highest BCUT2D eigenvalue weighted by atomic mass is 35.5. The number of fused-ring (bicyclic) bond motifs is 1. The first-order chi connectivity index (χ1) is 14.8. The summed E-state index contributed by atoms with van der Waals surface area (Å²) in [7, 11) is 0. The quantitative estimate of drug-likeness (QED) is 0.711. The van der Waals surface area contributed by atoms with Gasteiger partial charge in [-0.2, -0.15) is 0 Å². The first kappa shape index (κ1) is 21.7. The van der Waals surface area contributed by atoms with Crippen molar-refractivity contribution in [1.29, 1.82) is 0 Å². The number of carbonyl (C=O) groups excluding carboxylic acids is 2. The molecule has 0 bridgehead atoms. The predicted octanol–water partition coefficient (Wildman–Crippen LogP) is 3.58. The van der Waals surface area contributed by atoms with E-state index in [1.165, 1.54) is 5.56 Å². The van der Waals surface area contributed by atoms with Crippen molar-refractivity contribution in [3.63, 3.8) is 0 Å². The van der Waals surface area contributed by atoms with E-state index >= 15 is 0 Å². The standard InChI is InChI=1S/C24H28ClN3O3/c1-24(2)23(30)28(20-16-19(25)8-9-21(20)31-24)11-10-22(29)27-14-12-26(13-15-27)17-18-6-4-3-5-7-18/h3-9,16H,10-15,17H2,1-2H3. The van der Waals surface area contributed by atoms with Gasteiger partial charge in [0.05, 0.1) is 5.69 Å². The summed E-state index contributed by atoms with van der Waals surface area (Å²) in [6.07, 6.45) is 0.270. The number of nitrogens with zero attached hydrogens (tertiary/aromatic N) is 3. The van der Waals surface area contributed by atoms with Crippen molar-refractivity contribution in [2.24, 2.45) is 0 Å². The Morgan fingerprint density at radius 1 is 1.06 bits per heavy atom. The Bertz CT molecular complexity index is 956. The van der Waals surface area contributed by atoms with Crippen LogP contribution in [-0.4, -0.2) is 59.9 Å². The highest BCUT2D eigenvalue weighted by molar-refractivity contribution is 6.31. The SMILES string of the molecule is CC1(C)Oc2ccc(Cl)cc2N(CCC(=O)N2CCN(Cc3ccccc3)CC2)C1=O. The zero-order valence-electron chi connectivity index (χ0n) is 18.0. The van der Waals surface area contributed by atoms with E-state index in [1.807, 2.05) is 11.0 Å². The summed E-state index contributed by atoms with van der Waals surface area (Å²) >= 11 is 6.14. The van der Waals surface area contributed by atoms with Gasteiger partial charge in [0.2, 0.25) is 5.91 Å². The second-order valence-corrected chi connectivity index (χ2v) is 9.01. The third-order valence-electron chi connectivity index (χ3n) is 5.86. The number of rotatable bonds is 5. The molecule has 1 fully saturated rings. The fraction of sp³-hybridized carbons (Fsp3) is 0.417. The summed E-state index contributed by atoms with van der Waals surface area (Å²) in [5.74, 6) is 0.513. The van der Waals surface area contributed by atoms with E-state index in [0.29, 0.717) is 36.1 Å². The Morgan fingerprint density at radius 3 is 2.48 bits per heavy atom. The minimum Gasteiger partial charge on any atom is -0.476 e. The van der Waals surface area contributed by atoms with Crippen LogP contribution in [0.3, 0.4) is 0 Å². The van der Waals surface area contributed by atoms with Crippen molar-refractivity contribution < 1.29 is 14.3 Å². The Morgan fingerprint density at radius 2 is 1.77 bits per heavy atom. The van der Waals surface area contributed by atoms with Crippen LogP contribution in [-0.2, 0) is 16.1 Å². The largest absolute Gasteiger partial charge is 0.476 e. The normalized spacial score (nSPS) is 18.5. The van der Waals surface area contributed by atoms with Gasteiger partial charge in [0.25, 0.3) is 5.91 Å². The van der Waals surface area contributed by atoms with Gasteiger partial charge in [-0.05, 0) is 37.6 Å². The van der Waals surface area contributed by atoms with E-state index in [0.717, 1.165) is 19.6 Å². The molecular weight excluding hydrogens is 414 g/mol. The van der Waals surface area contributed by atoms with E-state index in [-0.39, 0.29) is 18.2 Å². The maximum atomic E-state index is 13.0. The molecule has 0 unspecified atom stereocenters. The van der Waals surface area contributed by atoms with Crippen molar-refractivity contribution >= 4 is 29.1 Å². The molecule has 0 spiro atoms. The number of benzene rings is 2. The topological polar surface area (TPSA) is 53.1 Å². The van der Waals surface area contributed by atoms with Crippen LogP contribution >= 0.6 is 11.6 Å². The molecule has 0 atom stereocenters. The van der Waals surface area contributed by atoms with Crippen LogP contribution in [0, 0.1) is 0 Å². The van der Waals surface area contributed by atoms with Gasteiger partial charge in [0, 0.05) is 50.7 Å². The van der Waals surface area contributed by atoms with Gasteiger partial charge in [-0.3, -0.25) is 14.5 Å². The molecule has 6 nitrogen and oxygen atoms in total. The summed E-state index contributed by atoms with van der Waals surface area (Å²) in [4.78, 5) is 31.7. The highest BCUT2D eigenvalue weighted by Crippen LogP contribution is 2.39. The summed E-state index contributed by atoms with van der Waals surface area (Å²) < 4.78 is 5.85. The van der Waals surface area contributed by atoms with Crippen molar-refractivity contribution in [2.45, 2.75) is 32.4 Å². The third kappa shape index (κ3) is 4.86. The molecule has 0 aromatic heterocycles. The fourth-order valence-electron chi connectivity index (χ4n) is 4.13. The molecule has 31 heavy (non-hydrogen) atoms. The molecule has 1 saturated heterocycles. The number of amides is 2. The van der Waals surface area contributed by atoms with Crippen molar-refractivity contribution in [2.75, 3.05) is 37.6 Å². The Kier molecular flexibility index (Phi) is 6.21. The molecule has 2 heterocycles. The molecule has 164 valence electrons. The second-order valence-electron chi connectivity index (χ2n) is 8.57. The lowest BCUT2D eigenvalue weighted by Gasteiger charge is -2.39. The zero-order valence-corrected chi connectivity index (χ0v) is 18.8. The molecule has 2 aromatic carbocycles. The lowest BCUT2D eigenvalue weighted by molar-refractivity contribution is -0.134. The number of ether oxygens (including phenoxy) is 1. The number of anilines is 1. The molecule has 2 aromatic rings. The van der Waals surface area contributed by atoms with Crippen molar-refractivity contribution in [1.82, 2.24) is 9.80 Å². The molecule has 0 saturated carbocycles. The van der Waals surface area contributed by atoms with Gasteiger partial charge < -0.3 is 14.5 Å². The van der Waals surface area contributed by atoms with Crippen molar-refractivity contribution in [3.8, 4) is 5.75 Å². The van der Waals surface area contributed by atoms with Gasteiger partial charge in [0.1, 0.15) is 5.75 Å². The Hall–Kier alpha value is -2.57. The molecule has 2 aliphatic rings. The average Bonchev–Trinajstić information content (AvgIpc) is 2.75. The lowest BCUT2D eigenvalue weighted by Crippen LogP contribution is -2.54. The van der Waals surface area contributed by atoms with Crippen LogP contribution in [0.2, 0.25) is 5.02 Å². The Balaban J connectivity index is 1.35. The average molecular weight is 442 g/mol. The van der Waals surface area contributed by atoms with Gasteiger partial charge in [0.15, 0.2) is 5.60 Å². The minimum absolute atomic E-state index is 0.0695. The number of piperazine rings is 1. The third-order valence-corrected chi connectivity index (χ3v) is 6.10. The van der Waals surface area contributed by atoms with E-state index < -0.39 is 5.60 Å². The zero-order chi connectivity index (χ0) is 22.0. The lowest BCUT2D eigenvalue weighted by atomic mass is 10.0. The van der Waals surface area contributed by atoms with E-state index in [4.69, 9.17) is 16.3 Å². The maximum Gasteiger partial charge on any atom is 0.270 e. The first-order valence-electron chi connectivity index (χ1n) is 10.7. The van der Waals surface area contributed by atoms with E-state index in [1.54, 1.807) is 36.9 Å². The smallest absolute Gasteiger partial charge is 0.270 e. The monoisotopic (exact) mass is 441 g/mol. The minimum atomic E-state index is -0.979. The molecule has 7 heteroatoms. The second kappa shape index (κ2) is 8.89. The van der Waals surface area contributed by atoms with E-state index in [9.17, 15) is 9.59 Å². The van der Waals surface area contributed by atoms with Gasteiger partial charge in [-0.25, -0.2) is 0 Å². The van der Waals surface area contributed by atoms with Crippen LogP contribution in [0.25, 0.3) is 0 Å². The highest BCUT2D eigenvalue weighted by Gasteiger charge is 2.41. The van der Waals surface area contributed by atoms with Crippen LogP contribution in [0.1, 0.15) is 25.8 Å². The van der Waals surface area contributed by atoms with Crippen LogP contribution < -0.4 is 9.64 Å². The van der Waals surface area contributed by atoms with Crippen LogP contribution in [0.5, 0.6) is 5.75 Å². The Labute approximate surface area is 188 Å². The summed E-state index contributed by atoms with van der Waals surface area (Å²) in [5.41, 5.74) is 0.929. The number of hydrogen-bond donors (Lipinski definition) is 0. The van der Waals surface area contributed by atoms with E-state index in [2.05, 4.69) is 29.2 Å². The van der Waals surface area contributed by atoms with Gasteiger partial charge >= 0.3 is 0 Å². The maximum absolute atomic E-state index is 13.0.